The van der Waals surface area contributed by atoms with Gasteiger partial charge in [0.15, 0.2) is 0 Å². The van der Waals surface area contributed by atoms with E-state index in [1.807, 2.05) is 6.20 Å². The van der Waals surface area contributed by atoms with Gasteiger partial charge in [0, 0.05) is 29.2 Å². The molecule has 0 unspecified atom stereocenters. The molecule has 0 atom stereocenters. The number of nitrogens with one attached hydrogen (secondary N) is 1. The zero-order valence-corrected chi connectivity index (χ0v) is 19.3. The summed E-state index contributed by atoms with van der Waals surface area (Å²) in [7, 11) is 3.92. The number of piperidine rings is 1. The van der Waals surface area contributed by atoms with E-state index in [1.165, 1.54) is 23.8 Å². The highest BCUT2D eigenvalue weighted by Crippen LogP contribution is 2.35. The Morgan fingerprint density at radius 1 is 1.06 bits per heavy atom. The standard InChI is InChI=1S/C26H31N5O/c1-17(2)31-14-11-19-5-6-21-16-27-26(29-24(21)25(19)31)28-22-8-7-20(15-23(22)32-4)18-9-12-30(3)13-10-18/h5-8,11,14-18H,9-10,12-13H2,1-4H3,(H,27,28,29). The van der Waals surface area contributed by atoms with E-state index in [0.29, 0.717) is 17.9 Å². The first-order valence-electron chi connectivity index (χ1n) is 11.4. The number of methoxy groups -OCH3 is 1. The molecule has 1 saturated heterocycles. The van der Waals surface area contributed by atoms with Crippen molar-refractivity contribution in [1.82, 2.24) is 19.4 Å². The van der Waals surface area contributed by atoms with Crippen molar-refractivity contribution in [2.75, 3.05) is 32.6 Å². The lowest BCUT2D eigenvalue weighted by atomic mass is 9.89. The quantitative estimate of drug-likeness (QED) is 0.439. The van der Waals surface area contributed by atoms with Crippen molar-refractivity contribution in [2.45, 2.75) is 38.6 Å². The molecule has 5 rings (SSSR count). The molecule has 0 aliphatic carbocycles. The van der Waals surface area contributed by atoms with E-state index in [-0.39, 0.29) is 0 Å². The van der Waals surface area contributed by atoms with E-state index in [9.17, 15) is 0 Å². The second kappa shape index (κ2) is 8.43. The minimum absolute atomic E-state index is 0.358. The lowest BCUT2D eigenvalue weighted by Crippen LogP contribution is -2.29. The Morgan fingerprint density at radius 2 is 1.84 bits per heavy atom. The third-order valence-corrected chi connectivity index (χ3v) is 6.65. The van der Waals surface area contributed by atoms with E-state index in [0.717, 1.165) is 40.9 Å². The molecule has 0 amide bonds. The second-order valence-electron chi connectivity index (χ2n) is 9.11. The van der Waals surface area contributed by atoms with Gasteiger partial charge in [-0.1, -0.05) is 18.2 Å². The summed E-state index contributed by atoms with van der Waals surface area (Å²) in [6.45, 7) is 6.67. The van der Waals surface area contributed by atoms with Gasteiger partial charge in [-0.25, -0.2) is 9.97 Å². The van der Waals surface area contributed by atoms with Gasteiger partial charge in [0.05, 0.1) is 18.3 Å². The number of rotatable bonds is 5. The molecule has 0 bridgehead atoms. The number of aromatic nitrogens is 3. The van der Waals surface area contributed by atoms with Crippen LogP contribution < -0.4 is 10.1 Å². The number of benzene rings is 2. The van der Waals surface area contributed by atoms with Gasteiger partial charge in [0.1, 0.15) is 11.3 Å². The molecule has 1 fully saturated rings. The first-order chi connectivity index (χ1) is 15.5. The van der Waals surface area contributed by atoms with Crippen LogP contribution in [0.4, 0.5) is 11.6 Å². The Kier molecular flexibility index (Phi) is 5.47. The van der Waals surface area contributed by atoms with Crippen molar-refractivity contribution in [3.63, 3.8) is 0 Å². The van der Waals surface area contributed by atoms with Crippen molar-refractivity contribution in [2.24, 2.45) is 0 Å². The number of ether oxygens (including phenoxy) is 1. The maximum absolute atomic E-state index is 5.73. The third kappa shape index (κ3) is 3.79. The third-order valence-electron chi connectivity index (χ3n) is 6.65. The minimum atomic E-state index is 0.358. The number of fused-ring (bicyclic) bond motifs is 3. The van der Waals surface area contributed by atoms with Gasteiger partial charge in [-0.3, -0.25) is 0 Å². The van der Waals surface area contributed by atoms with Crippen molar-refractivity contribution in [3.8, 4) is 5.75 Å². The highest BCUT2D eigenvalue weighted by Gasteiger charge is 2.20. The normalized spacial score (nSPS) is 15.7. The predicted molar refractivity (Wildman–Crippen MR) is 131 cm³/mol. The lowest BCUT2D eigenvalue weighted by molar-refractivity contribution is 0.255. The average molecular weight is 430 g/mol. The van der Waals surface area contributed by atoms with Crippen molar-refractivity contribution in [3.05, 3.63) is 54.4 Å². The molecule has 0 spiro atoms. The summed E-state index contributed by atoms with van der Waals surface area (Å²) >= 11 is 0. The first-order valence-corrected chi connectivity index (χ1v) is 11.4. The van der Waals surface area contributed by atoms with Gasteiger partial charge in [0.25, 0.3) is 0 Å². The van der Waals surface area contributed by atoms with Crippen LogP contribution in [0.25, 0.3) is 21.8 Å². The number of hydrogen-bond acceptors (Lipinski definition) is 5. The van der Waals surface area contributed by atoms with Crippen molar-refractivity contribution >= 4 is 33.4 Å². The Balaban J connectivity index is 1.48. The summed E-state index contributed by atoms with van der Waals surface area (Å²) in [5.41, 5.74) is 4.33. The molecule has 4 aromatic rings. The zero-order chi connectivity index (χ0) is 22.2. The Bertz CT molecular complexity index is 1250. The molecule has 6 nitrogen and oxygen atoms in total. The van der Waals surface area contributed by atoms with Crippen LogP contribution in [-0.2, 0) is 0 Å². The van der Waals surface area contributed by atoms with Gasteiger partial charge >= 0.3 is 0 Å². The fourth-order valence-corrected chi connectivity index (χ4v) is 4.76. The van der Waals surface area contributed by atoms with Gasteiger partial charge in [-0.05, 0) is 76.5 Å². The molecule has 2 aromatic heterocycles. The number of hydrogen-bond donors (Lipinski definition) is 1. The summed E-state index contributed by atoms with van der Waals surface area (Å²) in [5.74, 6) is 1.99. The highest BCUT2D eigenvalue weighted by molar-refractivity contribution is 6.03. The maximum atomic E-state index is 5.73. The molecule has 3 heterocycles. The smallest absolute Gasteiger partial charge is 0.227 e. The monoisotopic (exact) mass is 429 g/mol. The molecule has 6 heteroatoms. The SMILES string of the molecule is COc1cc(C2CCN(C)CC2)ccc1Nc1ncc2ccc3ccn(C(C)C)c3c2n1. The van der Waals surface area contributed by atoms with Crippen molar-refractivity contribution in [1.29, 1.82) is 0 Å². The molecule has 0 radical (unpaired) electrons. The topological polar surface area (TPSA) is 55.2 Å². The summed E-state index contributed by atoms with van der Waals surface area (Å²) in [5, 5.41) is 5.62. The first kappa shape index (κ1) is 20.8. The molecular weight excluding hydrogens is 398 g/mol. The van der Waals surface area contributed by atoms with Gasteiger partial charge in [-0.15, -0.1) is 0 Å². The second-order valence-corrected chi connectivity index (χ2v) is 9.11. The summed E-state index contributed by atoms with van der Waals surface area (Å²) in [4.78, 5) is 11.9. The number of nitrogens with zero attached hydrogens (tertiary/aromatic N) is 4. The molecule has 2 aromatic carbocycles. The van der Waals surface area contributed by atoms with Crippen molar-refractivity contribution < 1.29 is 4.74 Å². The average Bonchev–Trinajstić information content (AvgIpc) is 3.25. The van der Waals surface area contributed by atoms with Crippen LogP contribution in [0.1, 0.15) is 44.2 Å². The van der Waals surface area contributed by atoms with E-state index in [1.54, 1.807) is 7.11 Å². The highest BCUT2D eigenvalue weighted by atomic mass is 16.5. The predicted octanol–water partition coefficient (Wildman–Crippen LogP) is 5.73. The fraction of sp³-hybridized carbons (Fsp3) is 0.385. The number of likely N-dealkylation sites (tertiary alicyclic amines) is 1. The molecule has 0 saturated carbocycles. The van der Waals surface area contributed by atoms with Crippen LogP contribution in [0.15, 0.2) is 48.8 Å². The molecule has 1 aliphatic heterocycles. The molecule has 1 N–H and O–H groups in total. The Labute approximate surface area is 189 Å². The van der Waals surface area contributed by atoms with Gasteiger partial charge in [-0.2, -0.15) is 0 Å². The molecule has 1 aliphatic rings. The van der Waals surface area contributed by atoms with Gasteiger partial charge < -0.3 is 19.5 Å². The minimum Gasteiger partial charge on any atom is -0.495 e. The van der Waals surface area contributed by atoms with Crippen LogP contribution in [0.5, 0.6) is 5.75 Å². The van der Waals surface area contributed by atoms with Crippen LogP contribution >= 0.6 is 0 Å². The van der Waals surface area contributed by atoms with E-state index in [2.05, 4.69) is 83.3 Å². The van der Waals surface area contributed by atoms with Crippen LogP contribution in [-0.4, -0.2) is 46.7 Å². The Hall–Kier alpha value is -3.12. The molecule has 32 heavy (non-hydrogen) atoms. The van der Waals surface area contributed by atoms with Crippen LogP contribution in [0, 0.1) is 0 Å². The molecular formula is C26H31N5O. The van der Waals surface area contributed by atoms with Crippen LogP contribution in [0.2, 0.25) is 0 Å². The van der Waals surface area contributed by atoms with E-state index >= 15 is 0 Å². The zero-order valence-electron chi connectivity index (χ0n) is 19.3. The Morgan fingerprint density at radius 3 is 2.59 bits per heavy atom. The number of anilines is 2. The van der Waals surface area contributed by atoms with Gasteiger partial charge in [0.2, 0.25) is 5.95 Å². The molecule has 166 valence electrons. The van der Waals surface area contributed by atoms with E-state index in [4.69, 9.17) is 9.72 Å². The lowest BCUT2D eigenvalue weighted by Gasteiger charge is -2.29. The van der Waals surface area contributed by atoms with Crippen LogP contribution in [0.3, 0.4) is 0 Å². The summed E-state index contributed by atoms with van der Waals surface area (Å²) in [6, 6.07) is 13.2. The maximum Gasteiger partial charge on any atom is 0.227 e. The largest absolute Gasteiger partial charge is 0.495 e. The summed E-state index contributed by atoms with van der Waals surface area (Å²) < 4.78 is 8.00. The fourth-order valence-electron chi connectivity index (χ4n) is 4.76. The summed E-state index contributed by atoms with van der Waals surface area (Å²) in [6.07, 6.45) is 6.40. The van der Waals surface area contributed by atoms with E-state index < -0.39 is 0 Å².